The van der Waals surface area contributed by atoms with E-state index in [-0.39, 0.29) is 0 Å². The third kappa shape index (κ3) is 3.13. The maximum Gasteiger partial charge on any atom is 0.205 e. The van der Waals surface area contributed by atoms with E-state index >= 15 is 0 Å². The first-order valence-electron chi connectivity index (χ1n) is 7.76. The predicted octanol–water partition coefficient (Wildman–Crippen LogP) is 2.97. The Morgan fingerprint density at radius 1 is 1.04 bits per heavy atom. The van der Waals surface area contributed by atoms with Gasteiger partial charge in [0.2, 0.25) is 5.75 Å². The monoisotopic (exact) mass is 340 g/mol. The molecular formula is C18H20N4O3. The molecule has 7 heteroatoms. The normalized spacial score (nSPS) is 10.6. The smallest absolute Gasteiger partial charge is 0.205 e. The van der Waals surface area contributed by atoms with Crippen LogP contribution in [0.2, 0.25) is 0 Å². The van der Waals surface area contributed by atoms with Gasteiger partial charge in [-0.1, -0.05) is 0 Å². The maximum absolute atomic E-state index is 5.50. The van der Waals surface area contributed by atoms with Crippen molar-refractivity contribution in [3.05, 3.63) is 42.0 Å². The molecule has 7 nitrogen and oxygen atoms in total. The highest BCUT2D eigenvalue weighted by molar-refractivity contribution is 5.96. The first-order valence-corrected chi connectivity index (χ1v) is 7.76. The van der Waals surface area contributed by atoms with Crippen LogP contribution in [0.4, 0.5) is 5.82 Å². The highest BCUT2D eigenvalue weighted by atomic mass is 16.5. The largest absolute Gasteiger partial charge is 0.493 e. The van der Waals surface area contributed by atoms with E-state index in [2.05, 4.69) is 20.3 Å². The van der Waals surface area contributed by atoms with Crippen molar-refractivity contribution < 1.29 is 14.2 Å². The van der Waals surface area contributed by atoms with Crippen molar-refractivity contribution in [2.24, 2.45) is 0 Å². The molecule has 0 amide bonds. The molecule has 0 saturated carbocycles. The fourth-order valence-corrected chi connectivity index (χ4v) is 2.68. The van der Waals surface area contributed by atoms with E-state index in [9.17, 15) is 0 Å². The van der Waals surface area contributed by atoms with Gasteiger partial charge in [0.15, 0.2) is 11.5 Å². The van der Waals surface area contributed by atoms with Crippen molar-refractivity contribution in [1.82, 2.24) is 15.0 Å². The predicted molar refractivity (Wildman–Crippen MR) is 95.5 cm³/mol. The van der Waals surface area contributed by atoms with Crippen molar-refractivity contribution in [3.8, 4) is 17.2 Å². The zero-order valence-electron chi connectivity index (χ0n) is 14.7. The van der Waals surface area contributed by atoms with Crippen LogP contribution < -0.4 is 19.5 Å². The number of fused-ring (bicyclic) bond motifs is 1. The van der Waals surface area contributed by atoms with Crippen molar-refractivity contribution in [2.45, 2.75) is 13.5 Å². The third-order valence-corrected chi connectivity index (χ3v) is 4.02. The van der Waals surface area contributed by atoms with Gasteiger partial charge in [0, 0.05) is 18.9 Å². The first-order chi connectivity index (χ1) is 12.2. The number of aryl methyl sites for hydroxylation is 1. The summed E-state index contributed by atoms with van der Waals surface area (Å²) in [6, 6.07) is 3.83. The minimum atomic E-state index is 0.507. The molecule has 0 radical (unpaired) electrons. The lowest BCUT2D eigenvalue weighted by atomic mass is 10.1. The second kappa shape index (κ2) is 7.21. The Bertz CT molecular complexity index is 899. The van der Waals surface area contributed by atoms with Gasteiger partial charge in [0.25, 0.3) is 0 Å². The van der Waals surface area contributed by atoms with Crippen LogP contribution >= 0.6 is 0 Å². The fourth-order valence-electron chi connectivity index (χ4n) is 2.68. The molecule has 0 saturated heterocycles. The lowest BCUT2D eigenvalue weighted by Gasteiger charge is -2.16. The molecule has 25 heavy (non-hydrogen) atoms. The van der Waals surface area contributed by atoms with Crippen LogP contribution in [0, 0.1) is 6.92 Å². The summed E-state index contributed by atoms with van der Waals surface area (Å²) >= 11 is 0. The number of anilines is 1. The van der Waals surface area contributed by atoms with Crippen LogP contribution in [0.5, 0.6) is 17.2 Å². The molecule has 0 spiro atoms. The topological polar surface area (TPSA) is 78.4 Å². The Labute approximate surface area is 146 Å². The number of nitrogens with one attached hydrogen (secondary N) is 1. The second-order valence-corrected chi connectivity index (χ2v) is 5.42. The summed E-state index contributed by atoms with van der Waals surface area (Å²) in [6.45, 7) is 2.65. The summed E-state index contributed by atoms with van der Waals surface area (Å²) in [5, 5.41) is 4.15. The Morgan fingerprint density at radius 3 is 2.52 bits per heavy atom. The molecular weight excluding hydrogens is 320 g/mol. The Morgan fingerprint density at radius 2 is 1.84 bits per heavy atom. The number of ether oxygens (including phenoxy) is 3. The molecule has 0 bridgehead atoms. The fraction of sp³-hybridized carbons (Fsp3) is 0.278. The van der Waals surface area contributed by atoms with Crippen molar-refractivity contribution in [1.29, 1.82) is 0 Å². The third-order valence-electron chi connectivity index (χ3n) is 4.02. The lowest BCUT2D eigenvalue weighted by Crippen LogP contribution is -2.05. The molecule has 3 aromatic rings. The molecule has 0 unspecified atom stereocenters. The van der Waals surface area contributed by atoms with Crippen LogP contribution in [-0.2, 0) is 6.54 Å². The van der Waals surface area contributed by atoms with E-state index < -0.39 is 0 Å². The maximum atomic E-state index is 5.50. The van der Waals surface area contributed by atoms with E-state index in [1.165, 1.54) is 6.33 Å². The minimum absolute atomic E-state index is 0.507. The van der Waals surface area contributed by atoms with Crippen molar-refractivity contribution >= 4 is 16.7 Å². The van der Waals surface area contributed by atoms with E-state index in [0.717, 1.165) is 16.5 Å². The molecule has 1 aromatic carbocycles. The van der Waals surface area contributed by atoms with Gasteiger partial charge in [-0.3, -0.25) is 4.98 Å². The number of hydrogen-bond acceptors (Lipinski definition) is 7. The van der Waals surface area contributed by atoms with Gasteiger partial charge in [-0.2, -0.15) is 0 Å². The van der Waals surface area contributed by atoms with E-state index in [0.29, 0.717) is 35.1 Å². The minimum Gasteiger partial charge on any atom is -0.493 e. The zero-order valence-corrected chi connectivity index (χ0v) is 14.7. The van der Waals surface area contributed by atoms with Crippen LogP contribution in [0.3, 0.4) is 0 Å². The molecule has 0 aliphatic heterocycles. The van der Waals surface area contributed by atoms with Gasteiger partial charge in [0.05, 0.1) is 26.7 Å². The van der Waals surface area contributed by atoms with Gasteiger partial charge in [-0.15, -0.1) is 0 Å². The highest BCUT2D eigenvalue weighted by Crippen LogP contribution is 2.43. The number of rotatable bonds is 6. The Kier molecular flexibility index (Phi) is 4.83. The highest BCUT2D eigenvalue weighted by Gasteiger charge is 2.19. The van der Waals surface area contributed by atoms with Gasteiger partial charge in [0.1, 0.15) is 17.7 Å². The summed E-state index contributed by atoms with van der Waals surface area (Å²) in [4.78, 5) is 12.8. The number of benzene rings is 1. The Balaban J connectivity index is 2.06. The second-order valence-electron chi connectivity index (χ2n) is 5.42. The molecule has 0 aliphatic carbocycles. The summed E-state index contributed by atoms with van der Waals surface area (Å²) in [5.74, 6) is 2.28. The van der Waals surface area contributed by atoms with E-state index in [4.69, 9.17) is 14.2 Å². The van der Waals surface area contributed by atoms with Crippen molar-refractivity contribution in [2.75, 3.05) is 26.6 Å². The van der Waals surface area contributed by atoms with Crippen LogP contribution in [0.15, 0.2) is 30.9 Å². The van der Waals surface area contributed by atoms with Gasteiger partial charge in [-0.05, 0) is 30.2 Å². The average molecular weight is 340 g/mol. The number of pyridine rings is 1. The average Bonchev–Trinajstić information content (AvgIpc) is 2.65. The summed E-state index contributed by atoms with van der Waals surface area (Å²) < 4.78 is 16.3. The van der Waals surface area contributed by atoms with Crippen LogP contribution in [0.25, 0.3) is 10.9 Å². The molecule has 0 fully saturated rings. The molecule has 130 valence electrons. The molecule has 3 rings (SSSR count). The summed E-state index contributed by atoms with van der Waals surface area (Å²) in [7, 11) is 4.73. The Hall–Kier alpha value is -3.09. The summed E-state index contributed by atoms with van der Waals surface area (Å²) in [5.41, 5.74) is 2.92. The standard InChI is InChI=1S/C18H20N4O3/c1-11-8-19-6-5-12(11)9-20-18-13-7-14(23-2)16(24-3)17(25-4)15(13)21-10-22-18/h5-8,10H,9H2,1-4H3,(H,20,21,22). The molecule has 1 N–H and O–H groups in total. The summed E-state index contributed by atoms with van der Waals surface area (Å²) in [6.07, 6.45) is 5.11. The van der Waals surface area contributed by atoms with E-state index in [1.807, 2.05) is 25.3 Å². The zero-order chi connectivity index (χ0) is 17.8. The van der Waals surface area contributed by atoms with Gasteiger partial charge < -0.3 is 19.5 Å². The quantitative estimate of drug-likeness (QED) is 0.739. The number of nitrogens with zero attached hydrogens (tertiary/aromatic N) is 3. The van der Waals surface area contributed by atoms with Crippen LogP contribution in [-0.4, -0.2) is 36.3 Å². The number of methoxy groups -OCH3 is 3. The first kappa shape index (κ1) is 16.8. The number of aromatic nitrogens is 3. The van der Waals surface area contributed by atoms with Gasteiger partial charge >= 0.3 is 0 Å². The van der Waals surface area contributed by atoms with E-state index in [1.54, 1.807) is 27.5 Å². The molecule has 0 atom stereocenters. The van der Waals surface area contributed by atoms with Crippen molar-refractivity contribution in [3.63, 3.8) is 0 Å². The molecule has 2 heterocycles. The lowest BCUT2D eigenvalue weighted by molar-refractivity contribution is 0.327. The van der Waals surface area contributed by atoms with Gasteiger partial charge in [-0.25, -0.2) is 9.97 Å². The molecule has 2 aromatic heterocycles. The number of hydrogen-bond donors (Lipinski definition) is 1. The van der Waals surface area contributed by atoms with Crippen LogP contribution in [0.1, 0.15) is 11.1 Å². The molecule has 0 aliphatic rings. The SMILES string of the molecule is COc1cc2c(NCc3ccncc3C)ncnc2c(OC)c1OC.